The third-order valence-corrected chi connectivity index (χ3v) is 6.39. The maximum Gasteiger partial charge on any atom is 0.141 e. The molecule has 0 atom stereocenters. The lowest BCUT2D eigenvalue weighted by atomic mass is 9.97. The molecule has 136 valence electrons. The van der Waals surface area contributed by atoms with Crippen LogP contribution in [-0.4, -0.2) is 36.1 Å². The van der Waals surface area contributed by atoms with Crippen molar-refractivity contribution in [3.05, 3.63) is 41.0 Å². The van der Waals surface area contributed by atoms with Gasteiger partial charge >= 0.3 is 0 Å². The first kappa shape index (κ1) is 17.4. The van der Waals surface area contributed by atoms with E-state index in [0.717, 1.165) is 43.2 Å². The minimum Gasteiger partial charge on any atom is -0.353 e. The number of aryl methyl sites for hydroxylation is 1. The number of hydrogen-bond donors (Lipinski definition) is 1. The molecule has 0 spiro atoms. The SMILES string of the molecule is CCc1sc2ncnc(N3CCNCC3)c2c1-c1ccc(C(C)C)cc1. The lowest BCUT2D eigenvalue weighted by Gasteiger charge is -2.29. The van der Waals surface area contributed by atoms with Crippen molar-refractivity contribution in [3.63, 3.8) is 0 Å². The summed E-state index contributed by atoms with van der Waals surface area (Å²) < 4.78 is 0. The molecule has 4 rings (SSSR count). The van der Waals surface area contributed by atoms with Gasteiger partial charge in [0.15, 0.2) is 0 Å². The number of hydrogen-bond acceptors (Lipinski definition) is 5. The van der Waals surface area contributed by atoms with Crippen LogP contribution in [0.1, 0.15) is 37.1 Å². The summed E-state index contributed by atoms with van der Waals surface area (Å²) in [6, 6.07) is 9.06. The summed E-state index contributed by atoms with van der Waals surface area (Å²) in [5.74, 6) is 1.64. The number of nitrogens with one attached hydrogen (secondary N) is 1. The highest BCUT2D eigenvalue weighted by Gasteiger charge is 2.22. The molecule has 0 bridgehead atoms. The number of nitrogens with zero attached hydrogens (tertiary/aromatic N) is 3. The summed E-state index contributed by atoms with van der Waals surface area (Å²) in [6.45, 7) is 10.7. The lowest BCUT2D eigenvalue weighted by molar-refractivity contribution is 0.586. The van der Waals surface area contributed by atoms with E-state index in [2.05, 4.69) is 60.2 Å². The number of rotatable bonds is 4. The van der Waals surface area contributed by atoms with Gasteiger partial charge in [-0.05, 0) is 23.5 Å². The molecule has 3 heterocycles. The highest BCUT2D eigenvalue weighted by Crippen LogP contribution is 2.42. The molecule has 1 N–H and O–H groups in total. The van der Waals surface area contributed by atoms with Crippen molar-refractivity contribution in [2.75, 3.05) is 31.1 Å². The van der Waals surface area contributed by atoms with Crippen LogP contribution in [0.2, 0.25) is 0 Å². The minimum atomic E-state index is 0.550. The second-order valence-corrected chi connectivity index (χ2v) is 8.23. The molecule has 1 aromatic carbocycles. The molecule has 4 nitrogen and oxygen atoms in total. The number of piperazine rings is 1. The molecule has 26 heavy (non-hydrogen) atoms. The van der Waals surface area contributed by atoms with Crippen molar-refractivity contribution in [2.45, 2.75) is 33.1 Å². The van der Waals surface area contributed by atoms with Crippen LogP contribution in [0.3, 0.4) is 0 Å². The molecule has 0 unspecified atom stereocenters. The van der Waals surface area contributed by atoms with E-state index in [0.29, 0.717) is 5.92 Å². The zero-order chi connectivity index (χ0) is 18.1. The molecular formula is C21H26N4S. The van der Waals surface area contributed by atoms with Gasteiger partial charge in [-0.1, -0.05) is 45.0 Å². The van der Waals surface area contributed by atoms with Gasteiger partial charge in [-0.15, -0.1) is 11.3 Å². The third-order valence-electron chi connectivity index (χ3n) is 5.14. The van der Waals surface area contributed by atoms with E-state index >= 15 is 0 Å². The molecule has 0 aliphatic carbocycles. The Bertz CT molecular complexity index is 892. The topological polar surface area (TPSA) is 41.1 Å². The Morgan fingerprint density at radius 1 is 1.12 bits per heavy atom. The Morgan fingerprint density at radius 2 is 1.85 bits per heavy atom. The normalized spacial score (nSPS) is 15.2. The van der Waals surface area contributed by atoms with Crippen LogP contribution >= 0.6 is 11.3 Å². The molecule has 5 heteroatoms. The van der Waals surface area contributed by atoms with Crippen LogP contribution in [0.5, 0.6) is 0 Å². The van der Waals surface area contributed by atoms with Crippen molar-refractivity contribution in [1.82, 2.24) is 15.3 Å². The van der Waals surface area contributed by atoms with E-state index in [1.54, 1.807) is 6.33 Å². The first-order chi connectivity index (χ1) is 12.7. The zero-order valence-corrected chi connectivity index (χ0v) is 16.6. The first-order valence-corrected chi connectivity index (χ1v) is 10.3. The Morgan fingerprint density at radius 3 is 2.50 bits per heavy atom. The van der Waals surface area contributed by atoms with Gasteiger partial charge in [0, 0.05) is 36.6 Å². The average Bonchev–Trinajstić information content (AvgIpc) is 3.07. The van der Waals surface area contributed by atoms with Crippen molar-refractivity contribution in [2.24, 2.45) is 0 Å². The van der Waals surface area contributed by atoms with Gasteiger partial charge < -0.3 is 10.2 Å². The Hall–Kier alpha value is -1.98. The second kappa shape index (κ2) is 7.33. The summed E-state index contributed by atoms with van der Waals surface area (Å²) in [5.41, 5.74) is 3.99. The molecule has 1 aliphatic rings. The minimum absolute atomic E-state index is 0.550. The van der Waals surface area contributed by atoms with Gasteiger partial charge in [-0.3, -0.25) is 0 Å². The summed E-state index contributed by atoms with van der Waals surface area (Å²) in [6.07, 6.45) is 2.74. The van der Waals surface area contributed by atoms with Gasteiger partial charge in [-0.25, -0.2) is 9.97 Å². The van der Waals surface area contributed by atoms with Gasteiger partial charge in [0.25, 0.3) is 0 Å². The van der Waals surface area contributed by atoms with Crippen LogP contribution in [0.4, 0.5) is 5.82 Å². The molecular weight excluding hydrogens is 340 g/mol. The first-order valence-electron chi connectivity index (χ1n) is 9.51. The molecule has 0 radical (unpaired) electrons. The third kappa shape index (κ3) is 3.10. The highest BCUT2D eigenvalue weighted by atomic mass is 32.1. The predicted octanol–water partition coefficient (Wildman–Crippen LogP) is 4.45. The number of aromatic nitrogens is 2. The maximum atomic E-state index is 4.70. The Kier molecular flexibility index (Phi) is 4.92. The van der Waals surface area contributed by atoms with Crippen LogP contribution in [0, 0.1) is 0 Å². The van der Waals surface area contributed by atoms with Crippen molar-refractivity contribution >= 4 is 27.4 Å². The lowest BCUT2D eigenvalue weighted by Crippen LogP contribution is -2.44. The van der Waals surface area contributed by atoms with Crippen LogP contribution in [0.25, 0.3) is 21.3 Å². The summed E-state index contributed by atoms with van der Waals surface area (Å²) in [4.78, 5) is 14.2. The van der Waals surface area contributed by atoms with E-state index in [1.807, 2.05) is 11.3 Å². The molecule has 0 saturated carbocycles. The predicted molar refractivity (Wildman–Crippen MR) is 111 cm³/mol. The standard InChI is InChI=1S/C21H26N4S/c1-4-17-18(16-7-5-15(6-8-16)14(2)3)19-20(23-13-24-21(19)26-17)25-11-9-22-10-12-25/h5-8,13-14,22H,4,9-12H2,1-3H3. The highest BCUT2D eigenvalue weighted by molar-refractivity contribution is 7.19. The van der Waals surface area contributed by atoms with Crippen LogP contribution < -0.4 is 10.2 Å². The van der Waals surface area contributed by atoms with Crippen molar-refractivity contribution in [1.29, 1.82) is 0 Å². The smallest absolute Gasteiger partial charge is 0.141 e. The van der Waals surface area contributed by atoms with Crippen LogP contribution in [-0.2, 0) is 6.42 Å². The largest absolute Gasteiger partial charge is 0.353 e. The number of fused-ring (bicyclic) bond motifs is 1. The van der Waals surface area contributed by atoms with E-state index in [4.69, 9.17) is 4.98 Å². The Balaban J connectivity index is 1.89. The quantitative estimate of drug-likeness (QED) is 0.740. The van der Waals surface area contributed by atoms with Gasteiger partial charge in [0.1, 0.15) is 17.0 Å². The van der Waals surface area contributed by atoms with E-state index in [9.17, 15) is 0 Å². The summed E-state index contributed by atoms with van der Waals surface area (Å²) in [5, 5.41) is 4.66. The fourth-order valence-corrected chi connectivity index (χ4v) is 4.76. The van der Waals surface area contributed by atoms with Crippen molar-refractivity contribution in [3.8, 4) is 11.1 Å². The van der Waals surface area contributed by atoms with Crippen LogP contribution in [0.15, 0.2) is 30.6 Å². The van der Waals surface area contributed by atoms with E-state index < -0.39 is 0 Å². The average molecular weight is 367 g/mol. The number of anilines is 1. The van der Waals surface area contributed by atoms with Crippen molar-refractivity contribution < 1.29 is 0 Å². The zero-order valence-electron chi connectivity index (χ0n) is 15.7. The summed E-state index contributed by atoms with van der Waals surface area (Å²) in [7, 11) is 0. The second-order valence-electron chi connectivity index (χ2n) is 7.14. The fourth-order valence-electron chi connectivity index (χ4n) is 3.67. The molecule has 2 aromatic heterocycles. The Labute approximate surface area is 159 Å². The molecule has 1 aliphatic heterocycles. The number of thiophene rings is 1. The van der Waals surface area contributed by atoms with Gasteiger partial charge in [0.2, 0.25) is 0 Å². The molecule has 1 fully saturated rings. The van der Waals surface area contributed by atoms with Gasteiger partial charge in [0.05, 0.1) is 5.39 Å². The van der Waals surface area contributed by atoms with E-state index in [1.165, 1.54) is 27.0 Å². The molecule has 3 aromatic rings. The maximum absolute atomic E-state index is 4.70. The van der Waals surface area contributed by atoms with Gasteiger partial charge in [-0.2, -0.15) is 0 Å². The molecule has 0 amide bonds. The number of benzene rings is 1. The van der Waals surface area contributed by atoms with E-state index in [-0.39, 0.29) is 0 Å². The summed E-state index contributed by atoms with van der Waals surface area (Å²) >= 11 is 1.81. The fraction of sp³-hybridized carbons (Fsp3) is 0.429. The monoisotopic (exact) mass is 366 g/mol. The molecule has 1 saturated heterocycles.